The predicted molar refractivity (Wildman–Crippen MR) is 98.5 cm³/mol. The van der Waals surface area contributed by atoms with Gasteiger partial charge in [-0.1, -0.05) is 11.6 Å². The van der Waals surface area contributed by atoms with Gasteiger partial charge < -0.3 is 19.1 Å². The number of methoxy groups -OCH3 is 2. The lowest BCUT2D eigenvalue weighted by Gasteiger charge is -2.20. The first-order valence-corrected chi connectivity index (χ1v) is 9.23. The molecule has 2 heterocycles. The van der Waals surface area contributed by atoms with E-state index in [1.54, 1.807) is 32.4 Å². The summed E-state index contributed by atoms with van der Waals surface area (Å²) in [6, 6.07) is 5.12. The van der Waals surface area contributed by atoms with Gasteiger partial charge in [0.25, 0.3) is 0 Å². The number of nitrogens with zero attached hydrogens (tertiary/aromatic N) is 1. The highest BCUT2D eigenvalue weighted by atomic mass is 35.5. The number of hydrogen-bond donors (Lipinski definition) is 2. The van der Waals surface area contributed by atoms with Crippen LogP contribution < -0.4 is 20.3 Å². The topological polar surface area (TPSA) is 72.1 Å². The van der Waals surface area contributed by atoms with E-state index in [1.807, 2.05) is 4.90 Å². The van der Waals surface area contributed by atoms with Crippen molar-refractivity contribution in [1.82, 2.24) is 15.8 Å². The van der Waals surface area contributed by atoms with Crippen molar-refractivity contribution in [1.29, 1.82) is 0 Å². The number of amides is 1. The van der Waals surface area contributed by atoms with Crippen LogP contribution in [0.1, 0.15) is 12.8 Å². The molecule has 1 amide bonds. The highest BCUT2D eigenvalue weighted by Crippen LogP contribution is 2.29. The summed E-state index contributed by atoms with van der Waals surface area (Å²) in [7, 11) is 3.29. The van der Waals surface area contributed by atoms with Crippen molar-refractivity contribution in [2.45, 2.75) is 24.9 Å². The summed E-state index contributed by atoms with van der Waals surface area (Å²) in [5.41, 5.74) is 6.24. The van der Waals surface area contributed by atoms with Crippen molar-refractivity contribution in [3.8, 4) is 11.5 Å². The smallest absolute Gasteiger partial charge is 0.241 e. The molecule has 3 unspecified atom stereocenters. The van der Waals surface area contributed by atoms with E-state index >= 15 is 0 Å². The van der Waals surface area contributed by atoms with Gasteiger partial charge in [-0.15, -0.1) is 0 Å². The van der Waals surface area contributed by atoms with Crippen LogP contribution in [-0.4, -0.2) is 63.4 Å². The fourth-order valence-corrected chi connectivity index (χ4v) is 3.66. The number of nitrogens with one attached hydrogen (secondary N) is 2. The second-order valence-corrected chi connectivity index (χ2v) is 7.18. The molecule has 3 rings (SSSR count). The molecule has 2 fully saturated rings. The van der Waals surface area contributed by atoms with Crippen molar-refractivity contribution in [3.05, 3.63) is 23.2 Å². The highest BCUT2D eigenvalue weighted by molar-refractivity contribution is 6.32. The average molecular weight is 384 g/mol. The Bertz CT molecular complexity index is 630. The number of rotatable bonds is 7. The van der Waals surface area contributed by atoms with Gasteiger partial charge in [0.2, 0.25) is 5.91 Å². The molecule has 7 nitrogen and oxygen atoms in total. The van der Waals surface area contributed by atoms with Crippen molar-refractivity contribution in [2.24, 2.45) is 5.92 Å². The number of hydrogen-bond acceptors (Lipinski definition) is 6. The van der Waals surface area contributed by atoms with Crippen LogP contribution in [0.25, 0.3) is 0 Å². The standard InChI is InChI=1S/C18H26ClN3O4/c1-24-10-12-5-6-22(9-12)18(23)16-7-13(20-21-16)11-26-17-4-3-14(25-2)8-15(17)19/h3-4,8,12-13,16,20-21H,5-7,9-11H2,1-2H3. The first-order valence-electron chi connectivity index (χ1n) is 8.85. The Morgan fingerprint density at radius 2 is 2.15 bits per heavy atom. The van der Waals surface area contributed by atoms with E-state index in [0.29, 0.717) is 42.1 Å². The Morgan fingerprint density at radius 3 is 2.88 bits per heavy atom. The normalized spacial score (nSPS) is 25.5. The molecule has 0 aliphatic carbocycles. The molecule has 1 aromatic rings. The second kappa shape index (κ2) is 8.90. The lowest BCUT2D eigenvalue weighted by atomic mass is 10.1. The number of benzene rings is 1. The van der Waals surface area contributed by atoms with E-state index in [1.165, 1.54) is 0 Å². The monoisotopic (exact) mass is 383 g/mol. The van der Waals surface area contributed by atoms with Crippen LogP contribution in [0.2, 0.25) is 5.02 Å². The number of hydrazine groups is 1. The van der Waals surface area contributed by atoms with Crippen molar-refractivity contribution >= 4 is 17.5 Å². The summed E-state index contributed by atoms with van der Waals surface area (Å²) in [6.07, 6.45) is 1.68. The molecule has 2 N–H and O–H groups in total. The van der Waals surface area contributed by atoms with Gasteiger partial charge in [-0.05, 0) is 25.0 Å². The van der Waals surface area contributed by atoms with Crippen molar-refractivity contribution < 1.29 is 19.0 Å². The van der Waals surface area contributed by atoms with Crippen LogP contribution in [0.15, 0.2) is 18.2 Å². The number of carbonyl (C=O) groups is 1. The molecule has 0 radical (unpaired) electrons. The molecule has 0 bridgehead atoms. The van der Waals surface area contributed by atoms with E-state index in [0.717, 1.165) is 19.5 Å². The fraction of sp³-hybridized carbons (Fsp3) is 0.611. The molecule has 2 aliphatic rings. The summed E-state index contributed by atoms with van der Waals surface area (Å²) in [5, 5.41) is 0.504. The zero-order valence-electron chi connectivity index (χ0n) is 15.2. The Labute approximate surface area is 158 Å². The molecule has 2 aliphatic heterocycles. The number of ether oxygens (including phenoxy) is 3. The maximum absolute atomic E-state index is 12.6. The van der Waals surface area contributed by atoms with Gasteiger partial charge in [0, 0.05) is 32.2 Å². The Balaban J connectivity index is 1.46. The minimum atomic E-state index is -0.226. The van der Waals surface area contributed by atoms with Crippen LogP contribution in [0.3, 0.4) is 0 Å². The van der Waals surface area contributed by atoms with E-state index in [9.17, 15) is 4.79 Å². The number of halogens is 1. The van der Waals surface area contributed by atoms with Gasteiger partial charge in [0.15, 0.2) is 0 Å². The summed E-state index contributed by atoms with van der Waals surface area (Å²) < 4.78 is 16.1. The Kier molecular flexibility index (Phi) is 6.58. The van der Waals surface area contributed by atoms with Crippen molar-refractivity contribution in [2.75, 3.05) is 40.5 Å². The van der Waals surface area contributed by atoms with Crippen molar-refractivity contribution in [3.63, 3.8) is 0 Å². The molecule has 0 spiro atoms. The molecular formula is C18H26ClN3O4. The summed E-state index contributed by atoms with van der Waals surface area (Å²) in [4.78, 5) is 14.6. The third-order valence-corrected chi connectivity index (χ3v) is 5.15. The van der Waals surface area contributed by atoms with Gasteiger partial charge in [-0.2, -0.15) is 0 Å². The fourth-order valence-electron chi connectivity index (χ4n) is 3.43. The summed E-state index contributed by atoms with van der Waals surface area (Å²) >= 11 is 6.19. The summed E-state index contributed by atoms with van der Waals surface area (Å²) in [6.45, 7) is 2.70. The molecular weight excluding hydrogens is 358 g/mol. The third kappa shape index (κ3) is 4.59. The van der Waals surface area contributed by atoms with Crippen LogP contribution in [0, 0.1) is 5.92 Å². The Hall–Kier alpha value is -1.54. The molecule has 0 saturated carbocycles. The maximum Gasteiger partial charge on any atom is 0.241 e. The zero-order valence-corrected chi connectivity index (χ0v) is 15.9. The van der Waals surface area contributed by atoms with Gasteiger partial charge >= 0.3 is 0 Å². The Morgan fingerprint density at radius 1 is 1.31 bits per heavy atom. The van der Waals surface area contributed by atoms with E-state index in [4.69, 9.17) is 25.8 Å². The van der Waals surface area contributed by atoms with Gasteiger partial charge in [0.1, 0.15) is 24.1 Å². The molecule has 1 aromatic carbocycles. The van der Waals surface area contributed by atoms with Crippen LogP contribution >= 0.6 is 11.6 Å². The third-order valence-electron chi connectivity index (χ3n) is 4.86. The lowest BCUT2D eigenvalue weighted by Crippen LogP contribution is -2.45. The van der Waals surface area contributed by atoms with Gasteiger partial charge in [-0.25, -0.2) is 5.43 Å². The SMILES string of the molecule is COCC1CCN(C(=O)C2CC(COc3ccc(OC)cc3Cl)NN2)C1. The van der Waals surface area contributed by atoms with Gasteiger partial charge in [-0.3, -0.25) is 10.2 Å². The largest absolute Gasteiger partial charge is 0.497 e. The van der Waals surface area contributed by atoms with Crippen LogP contribution in [0.4, 0.5) is 0 Å². The maximum atomic E-state index is 12.6. The number of carbonyl (C=O) groups excluding carboxylic acids is 1. The molecule has 0 aromatic heterocycles. The quantitative estimate of drug-likeness (QED) is 0.742. The number of likely N-dealkylation sites (tertiary alicyclic amines) is 1. The highest BCUT2D eigenvalue weighted by Gasteiger charge is 2.35. The van der Waals surface area contributed by atoms with E-state index < -0.39 is 0 Å². The minimum Gasteiger partial charge on any atom is -0.497 e. The molecule has 144 valence electrons. The molecule has 3 atom stereocenters. The van der Waals surface area contributed by atoms with Gasteiger partial charge in [0.05, 0.1) is 24.8 Å². The second-order valence-electron chi connectivity index (χ2n) is 6.78. The molecule has 2 saturated heterocycles. The first-order chi connectivity index (χ1) is 12.6. The van der Waals surface area contributed by atoms with E-state index in [2.05, 4.69) is 10.9 Å². The minimum absolute atomic E-state index is 0.0412. The van der Waals surface area contributed by atoms with E-state index in [-0.39, 0.29) is 18.0 Å². The predicted octanol–water partition coefficient (Wildman–Crippen LogP) is 1.46. The molecule has 26 heavy (non-hydrogen) atoms. The zero-order chi connectivity index (χ0) is 18.5. The lowest BCUT2D eigenvalue weighted by molar-refractivity contribution is -0.132. The first kappa shape index (κ1) is 19.2. The summed E-state index contributed by atoms with van der Waals surface area (Å²) in [5.74, 6) is 1.87. The average Bonchev–Trinajstić information content (AvgIpc) is 3.30. The molecule has 8 heteroatoms. The van der Waals surface area contributed by atoms with Crippen LogP contribution in [0.5, 0.6) is 11.5 Å². The van der Waals surface area contributed by atoms with Crippen LogP contribution in [-0.2, 0) is 9.53 Å².